The van der Waals surface area contributed by atoms with Crippen molar-refractivity contribution in [3.63, 3.8) is 0 Å². The van der Waals surface area contributed by atoms with Crippen molar-refractivity contribution in [3.05, 3.63) is 39.7 Å². The lowest BCUT2D eigenvalue weighted by Gasteiger charge is -2.26. The molecular formula is C10H13FN2O3. The van der Waals surface area contributed by atoms with Crippen LogP contribution in [0.2, 0.25) is 0 Å². The van der Waals surface area contributed by atoms with Gasteiger partial charge >= 0.3 is 5.69 Å². The molecule has 0 aliphatic carbocycles. The van der Waals surface area contributed by atoms with E-state index in [1.165, 1.54) is 13.2 Å². The molecule has 0 aliphatic rings. The van der Waals surface area contributed by atoms with Crippen LogP contribution in [0.1, 0.15) is 12.5 Å². The maximum atomic E-state index is 13.4. The Morgan fingerprint density at radius 2 is 2.25 bits per heavy atom. The van der Waals surface area contributed by atoms with Crippen molar-refractivity contribution in [3.8, 4) is 0 Å². The van der Waals surface area contributed by atoms with E-state index >= 15 is 0 Å². The summed E-state index contributed by atoms with van der Waals surface area (Å²) in [6.07, 6.45) is 0. The van der Waals surface area contributed by atoms with Gasteiger partial charge in [-0.2, -0.15) is 4.39 Å². The number of hydrogen-bond acceptors (Lipinski definition) is 4. The molecule has 0 heterocycles. The van der Waals surface area contributed by atoms with E-state index in [2.05, 4.69) is 0 Å². The number of nitro groups is 1. The number of rotatable bonds is 4. The number of nitro benzene ring substituents is 1. The molecule has 0 amide bonds. The zero-order chi connectivity index (χ0) is 12.3. The third-order valence-electron chi connectivity index (χ3n) is 2.60. The van der Waals surface area contributed by atoms with E-state index in [0.29, 0.717) is 5.56 Å². The highest BCUT2D eigenvalue weighted by molar-refractivity contribution is 5.37. The molecule has 0 spiro atoms. The second kappa shape index (κ2) is 4.54. The van der Waals surface area contributed by atoms with E-state index in [9.17, 15) is 14.5 Å². The highest BCUT2D eigenvalue weighted by Gasteiger charge is 2.26. The Morgan fingerprint density at radius 1 is 1.62 bits per heavy atom. The summed E-state index contributed by atoms with van der Waals surface area (Å²) in [7, 11) is 1.45. The van der Waals surface area contributed by atoms with Crippen LogP contribution in [-0.2, 0) is 10.3 Å². The zero-order valence-corrected chi connectivity index (χ0v) is 9.07. The molecule has 6 heteroatoms. The molecule has 0 saturated carbocycles. The minimum atomic E-state index is -0.890. The van der Waals surface area contributed by atoms with Gasteiger partial charge in [0.05, 0.1) is 4.92 Å². The third kappa shape index (κ3) is 2.17. The summed E-state index contributed by atoms with van der Waals surface area (Å²) < 4.78 is 18.5. The molecule has 1 unspecified atom stereocenters. The Morgan fingerprint density at radius 3 is 2.62 bits per heavy atom. The van der Waals surface area contributed by atoms with E-state index in [1.807, 2.05) is 0 Å². The summed E-state index contributed by atoms with van der Waals surface area (Å²) in [5, 5.41) is 10.4. The Balaban J connectivity index is 3.19. The molecular weight excluding hydrogens is 215 g/mol. The van der Waals surface area contributed by atoms with Crippen LogP contribution in [0.25, 0.3) is 0 Å². The summed E-state index contributed by atoms with van der Waals surface area (Å²) in [5.74, 6) is -0.890. The summed E-state index contributed by atoms with van der Waals surface area (Å²) in [6.45, 7) is 1.84. The summed E-state index contributed by atoms with van der Waals surface area (Å²) in [5.41, 5.74) is 4.60. The Labute approximate surface area is 92.2 Å². The molecule has 16 heavy (non-hydrogen) atoms. The molecule has 0 saturated heterocycles. The van der Waals surface area contributed by atoms with Crippen molar-refractivity contribution in [1.82, 2.24) is 0 Å². The molecule has 88 valence electrons. The van der Waals surface area contributed by atoms with Crippen molar-refractivity contribution in [2.75, 3.05) is 13.7 Å². The van der Waals surface area contributed by atoms with Crippen molar-refractivity contribution >= 4 is 5.69 Å². The first-order valence-corrected chi connectivity index (χ1v) is 4.64. The molecule has 0 radical (unpaired) electrons. The maximum Gasteiger partial charge on any atom is 0.304 e. The number of benzene rings is 1. The third-order valence-corrected chi connectivity index (χ3v) is 2.60. The van der Waals surface area contributed by atoms with Gasteiger partial charge in [-0.3, -0.25) is 10.1 Å². The number of nitrogens with zero attached hydrogens (tertiary/aromatic N) is 1. The van der Waals surface area contributed by atoms with Crippen LogP contribution in [0, 0.1) is 15.9 Å². The summed E-state index contributed by atoms with van der Waals surface area (Å²) in [4.78, 5) is 9.66. The van der Waals surface area contributed by atoms with E-state index in [1.54, 1.807) is 6.92 Å². The van der Waals surface area contributed by atoms with Crippen LogP contribution in [0.4, 0.5) is 10.1 Å². The number of methoxy groups -OCH3 is 1. The Kier molecular flexibility index (Phi) is 3.56. The first-order chi connectivity index (χ1) is 7.44. The monoisotopic (exact) mass is 228 g/mol. The SMILES string of the molecule is COC(C)(CN)c1ccc([N+](=O)[O-])c(F)c1. The van der Waals surface area contributed by atoms with Crippen molar-refractivity contribution in [1.29, 1.82) is 0 Å². The molecule has 0 fully saturated rings. The van der Waals surface area contributed by atoms with Crippen molar-refractivity contribution < 1.29 is 14.1 Å². The van der Waals surface area contributed by atoms with E-state index in [4.69, 9.17) is 10.5 Å². The van der Waals surface area contributed by atoms with Gasteiger partial charge in [0.1, 0.15) is 5.60 Å². The van der Waals surface area contributed by atoms with E-state index in [-0.39, 0.29) is 6.54 Å². The molecule has 1 atom stereocenters. The molecule has 0 bridgehead atoms. The number of hydrogen-bond donors (Lipinski definition) is 1. The van der Waals surface area contributed by atoms with Gasteiger partial charge in [-0.15, -0.1) is 0 Å². The molecule has 1 aromatic carbocycles. The lowest BCUT2D eigenvalue weighted by Crippen LogP contribution is -2.33. The van der Waals surface area contributed by atoms with E-state index < -0.39 is 22.0 Å². The van der Waals surface area contributed by atoms with Gasteiger partial charge in [0.25, 0.3) is 0 Å². The number of halogens is 1. The second-order valence-corrected chi connectivity index (χ2v) is 3.56. The smallest absolute Gasteiger partial charge is 0.304 e. The normalized spacial score (nSPS) is 14.5. The van der Waals surface area contributed by atoms with Gasteiger partial charge in [-0.1, -0.05) is 0 Å². The number of ether oxygens (including phenoxy) is 1. The second-order valence-electron chi connectivity index (χ2n) is 3.56. The highest BCUT2D eigenvalue weighted by Crippen LogP contribution is 2.27. The van der Waals surface area contributed by atoms with Crippen LogP contribution in [0.3, 0.4) is 0 Å². The fourth-order valence-corrected chi connectivity index (χ4v) is 1.30. The van der Waals surface area contributed by atoms with Crippen LogP contribution < -0.4 is 5.73 Å². The fraction of sp³-hybridized carbons (Fsp3) is 0.400. The highest BCUT2D eigenvalue weighted by atomic mass is 19.1. The van der Waals surface area contributed by atoms with Crippen molar-refractivity contribution in [2.45, 2.75) is 12.5 Å². The maximum absolute atomic E-state index is 13.4. The van der Waals surface area contributed by atoms with Gasteiger partial charge in [0.15, 0.2) is 0 Å². The van der Waals surface area contributed by atoms with Crippen LogP contribution >= 0.6 is 0 Å². The van der Waals surface area contributed by atoms with Gasteiger partial charge in [0.2, 0.25) is 5.82 Å². The van der Waals surface area contributed by atoms with Gasteiger partial charge in [0, 0.05) is 19.7 Å². The van der Waals surface area contributed by atoms with E-state index in [0.717, 1.165) is 12.1 Å². The molecule has 2 N–H and O–H groups in total. The summed E-state index contributed by atoms with van der Waals surface area (Å²) >= 11 is 0. The van der Waals surface area contributed by atoms with Gasteiger partial charge in [-0.25, -0.2) is 0 Å². The standard InChI is InChI=1S/C10H13FN2O3/c1-10(6-12,16-2)7-3-4-9(13(14)15)8(11)5-7/h3-5H,6,12H2,1-2H3. The Hall–Kier alpha value is -1.53. The predicted molar refractivity (Wildman–Crippen MR) is 56.5 cm³/mol. The largest absolute Gasteiger partial charge is 0.372 e. The lowest BCUT2D eigenvalue weighted by molar-refractivity contribution is -0.387. The molecule has 0 aromatic heterocycles. The fourth-order valence-electron chi connectivity index (χ4n) is 1.30. The molecule has 0 aliphatic heterocycles. The minimum Gasteiger partial charge on any atom is -0.372 e. The molecule has 1 aromatic rings. The van der Waals surface area contributed by atoms with Crippen LogP contribution in [0.15, 0.2) is 18.2 Å². The summed E-state index contributed by atoms with van der Waals surface area (Å²) in [6, 6.07) is 3.63. The molecule has 5 nitrogen and oxygen atoms in total. The quantitative estimate of drug-likeness (QED) is 0.626. The average Bonchev–Trinajstić information content (AvgIpc) is 2.27. The average molecular weight is 228 g/mol. The molecule has 1 rings (SSSR count). The lowest BCUT2D eigenvalue weighted by atomic mass is 9.95. The van der Waals surface area contributed by atoms with Gasteiger partial charge < -0.3 is 10.5 Å². The topological polar surface area (TPSA) is 78.4 Å². The predicted octanol–water partition coefficient (Wildman–Crippen LogP) is 1.55. The first-order valence-electron chi connectivity index (χ1n) is 4.64. The zero-order valence-electron chi connectivity index (χ0n) is 9.07. The first kappa shape index (κ1) is 12.5. The number of nitrogens with two attached hydrogens (primary N) is 1. The van der Waals surface area contributed by atoms with Crippen LogP contribution in [-0.4, -0.2) is 18.6 Å². The van der Waals surface area contributed by atoms with Crippen LogP contribution in [0.5, 0.6) is 0 Å². The van der Waals surface area contributed by atoms with Gasteiger partial charge in [-0.05, 0) is 24.6 Å². The minimum absolute atomic E-state index is 0.154. The Bertz CT molecular complexity index is 405. The van der Waals surface area contributed by atoms with Crippen molar-refractivity contribution in [2.24, 2.45) is 5.73 Å².